The molecule has 2 aromatic rings. The molecule has 3 nitrogen and oxygen atoms in total. The summed E-state index contributed by atoms with van der Waals surface area (Å²) in [7, 11) is 0. The Kier molecular flexibility index (Phi) is 3.78. The predicted molar refractivity (Wildman–Crippen MR) is 63.9 cm³/mol. The van der Waals surface area contributed by atoms with Crippen LogP contribution in [0.3, 0.4) is 0 Å². The number of furan rings is 1. The summed E-state index contributed by atoms with van der Waals surface area (Å²) in [4.78, 5) is 0. The lowest BCUT2D eigenvalue weighted by molar-refractivity contribution is 0.524. The van der Waals surface area contributed by atoms with Gasteiger partial charge in [-0.3, -0.25) is 11.3 Å². The summed E-state index contributed by atoms with van der Waals surface area (Å²) in [5, 5.41) is 0.523. The van der Waals surface area contributed by atoms with Gasteiger partial charge in [0.15, 0.2) is 0 Å². The zero-order valence-corrected chi connectivity index (χ0v) is 9.75. The molecule has 0 bridgehead atoms. The van der Waals surface area contributed by atoms with Crippen LogP contribution in [0.4, 0.5) is 4.39 Å². The van der Waals surface area contributed by atoms with Crippen LogP contribution in [-0.2, 0) is 6.42 Å². The van der Waals surface area contributed by atoms with Crippen LogP contribution in [0.5, 0.6) is 0 Å². The highest BCUT2D eigenvalue weighted by atomic mass is 35.5. The van der Waals surface area contributed by atoms with Gasteiger partial charge >= 0.3 is 0 Å². The molecule has 0 saturated carbocycles. The van der Waals surface area contributed by atoms with E-state index < -0.39 is 0 Å². The molecule has 1 aromatic heterocycles. The molecule has 2 rings (SSSR count). The molecule has 0 aliphatic rings. The van der Waals surface area contributed by atoms with Crippen molar-refractivity contribution in [1.29, 1.82) is 0 Å². The van der Waals surface area contributed by atoms with E-state index in [1.165, 1.54) is 18.2 Å². The van der Waals surface area contributed by atoms with E-state index in [0.717, 1.165) is 5.56 Å². The molecular formula is C12H12ClFN2O. The van der Waals surface area contributed by atoms with Crippen molar-refractivity contribution < 1.29 is 8.81 Å². The lowest BCUT2D eigenvalue weighted by Gasteiger charge is -2.15. The summed E-state index contributed by atoms with van der Waals surface area (Å²) in [5.74, 6) is 5.16. The largest absolute Gasteiger partial charge is 0.472 e. The second-order valence-electron chi connectivity index (χ2n) is 3.72. The molecule has 0 amide bonds. The van der Waals surface area contributed by atoms with E-state index in [-0.39, 0.29) is 11.9 Å². The van der Waals surface area contributed by atoms with E-state index in [1.807, 2.05) is 0 Å². The monoisotopic (exact) mass is 254 g/mol. The first-order chi connectivity index (χ1) is 8.20. The van der Waals surface area contributed by atoms with Gasteiger partial charge in [0.25, 0.3) is 0 Å². The van der Waals surface area contributed by atoms with Crippen LogP contribution < -0.4 is 11.3 Å². The average molecular weight is 255 g/mol. The van der Waals surface area contributed by atoms with Crippen LogP contribution in [-0.4, -0.2) is 0 Å². The second-order valence-corrected chi connectivity index (χ2v) is 4.12. The van der Waals surface area contributed by atoms with Crippen molar-refractivity contribution in [2.75, 3.05) is 0 Å². The zero-order valence-electron chi connectivity index (χ0n) is 8.99. The fraction of sp³-hybridized carbons (Fsp3) is 0.167. The van der Waals surface area contributed by atoms with E-state index in [1.54, 1.807) is 18.6 Å². The first kappa shape index (κ1) is 12.1. The highest BCUT2D eigenvalue weighted by Crippen LogP contribution is 2.24. The van der Waals surface area contributed by atoms with Crippen molar-refractivity contribution in [2.24, 2.45) is 5.84 Å². The van der Waals surface area contributed by atoms with Gasteiger partial charge in [0, 0.05) is 10.6 Å². The Labute approximate surface area is 103 Å². The fourth-order valence-electron chi connectivity index (χ4n) is 1.67. The van der Waals surface area contributed by atoms with Crippen LogP contribution in [0.15, 0.2) is 41.2 Å². The van der Waals surface area contributed by atoms with E-state index in [2.05, 4.69) is 5.43 Å². The molecule has 0 radical (unpaired) electrons. The molecule has 1 atom stereocenters. The van der Waals surface area contributed by atoms with Gasteiger partial charge < -0.3 is 4.42 Å². The summed E-state index contributed by atoms with van der Waals surface area (Å²) in [6, 6.07) is 5.92. The molecule has 17 heavy (non-hydrogen) atoms. The highest BCUT2D eigenvalue weighted by molar-refractivity contribution is 6.31. The molecule has 5 heteroatoms. The Morgan fingerprint density at radius 2 is 2.24 bits per heavy atom. The van der Waals surface area contributed by atoms with Gasteiger partial charge in [0.05, 0.1) is 18.6 Å². The molecule has 1 unspecified atom stereocenters. The summed E-state index contributed by atoms with van der Waals surface area (Å²) < 4.78 is 18.1. The Hall–Kier alpha value is -1.36. The topological polar surface area (TPSA) is 51.2 Å². The zero-order chi connectivity index (χ0) is 12.3. The van der Waals surface area contributed by atoms with Crippen LogP contribution in [0, 0.1) is 5.82 Å². The molecular weight excluding hydrogens is 243 g/mol. The van der Waals surface area contributed by atoms with E-state index in [0.29, 0.717) is 17.0 Å². The maximum Gasteiger partial charge on any atom is 0.123 e. The van der Waals surface area contributed by atoms with Crippen molar-refractivity contribution in [3.63, 3.8) is 0 Å². The Bertz CT molecular complexity index is 487. The number of hydrazine groups is 1. The van der Waals surface area contributed by atoms with Crippen molar-refractivity contribution in [2.45, 2.75) is 12.5 Å². The molecule has 3 N–H and O–H groups in total. The van der Waals surface area contributed by atoms with Crippen molar-refractivity contribution in [3.05, 3.63) is 58.8 Å². The Morgan fingerprint density at radius 1 is 1.41 bits per heavy atom. The minimum Gasteiger partial charge on any atom is -0.472 e. The Balaban J connectivity index is 2.21. The summed E-state index contributed by atoms with van der Waals surface area (Å²) in [6.07, 6.45) is 3.65. The number of hydrogen-bond donors (Lipinski definition) is 2. The molecule has 0 aliphatic heterocycles. The van der Waals surface area contributed by atoms with Gasteiger partial charge in [0.1, 0.15) is 5.82 Å². The van der Waals surface area contributed by atoms with E-state index >= 15 is 0 Å². The summed E-state index contributed by atoms with van der Waals surface area (Å²) in [5.41, 5.74) is 4.26. The molecule has 1 aromatic carbocycles. The molecule has 0 aliphatic carbocycles. The van der Waals surface area contributed by atoms with Crippen molar-refractivity contribution >= 4 is 11.6 Å². The maximum atomic E-state index is 13.1. The van der Waals surface area contributed by atoms with Crippen molar-refractivity contribution in [1.82, 2.24) is 5.43 Å². The standard InChI is InChI=1S/C12H12ClFN2O/c13-11-2-1-10(14)5-9(11)6-12(16-15)8-3-4-17-7-8/h1-5,7,12,16H,6,15H2. The minimum absolute atomic E-state index is 0.159. The quantitative estimate of drug-likeness (QED) is 0.652. The summed E-state index contributed by atoms with van der Waals surface area (Å²) >= 11 is 6.00. The number of hydrogen-bond acceptors (Lipinski definition) is 3. The van der Waals surface area contributed by atoms with E-state index in [9.17, 15) is 4.39 Å². The second kappa shape index (κ2) is 5.31. The number of nitrogens with one attached hydrogen (secondary N) is 1. The van der Waals surface area contributed by atoms with Gasteiger partial charge in [-0.2, -0.15) is 0 Å². The smallest absolute Gasteiger partial charge is 0.123 e. The first-order valence-electron chi connectivity index (χ1n) is 5.13. The minimum atomic E-state index is -0.313. The first-order valence-corrected chi connectivity index (χ1v) is 5.50. The molecule has 0 saturated heterocycles. The third kappa shape index (κ3) is 2.85. The molecule has 0 spiro atoms. The number of rotatable bonds is 4. The van der Waals surface area contributed by atoms with Gasteiger partial charge in [-0.15, -0.1) is 0 Å². The van der Waals surface area contributed by atoms with Gasteiger partial charge in [0.2, 0.25) is 0 Å². The van der Waals surface area contributed by atoms with Gasteiger partial charge in [-0.1, -0.05) is 11.6 Å². The van der Waals surface area contributed by atoms with Crippen molar-refractivity contribution in [3.8, 4) is 0 Å². The van der Waals surface area contributed by atoms with Crippen LogP contribution >= 0.6 is 11.6 Å². The van der Waals surface area contributed by atoms with Crippen LogP contribution in [0.25, 0.3) is 0 Å². The van der Waals surface area contributed by atoms with Crippen LogP contribution in [0.1, 0.15) is 17.2 Å². The van der Waals surface area contributed by atoms with E-state index in [4.69, 9.17) is 21.9 Å². The third-order valence-corrected chi connectivity index (χ3v) is 2.95. The molecule has 0 fully saturated rings. The van der Waals surface area contributed by atoms with Crippen LogP contribution in [0.2, 0.25) is 5.02 Å². The predicted octanol–water partition coefficient (Wildman–Crippen LogP) is 2.82. The lowest BCUT2D eigenvalue weighted by atomic mass is 10.0. The number of benzene rings is 1. The number of nitrogens with two attached hydrogens (primary N) is 1. The lowest BCUT2D eigenvalue weighted by Crippen LogP contribution is -2.29. The normalized spacial score (nSPS) is 12.6. The molecule has 90 valence electrons. The number of halogens is 2. The highest BCUT2D eigenvalue weighted by Gasteiger charge is 2.14. The SMILES string of the molecule is NNC(Cc1cc(F)ccc1Cl)c1ccoc1. The third-order valence-electron chi connectivity index (χ3n) is 2.58. The fourth-order valence-corrected chi connectivity index (χ4v) is 1.86. The summed E-state index contributed by atoms with van der Waals surface area (Å²) in [6.45, 7) is 0. The maximum absolute atomic E-state index is 13.1. The average Bonchev–Trinajstić information content (AvgIpc) is 2.84. The Morgan fingerprint density at radius 3 is 2.88 bits per heavy atom. The molecule has 1 heterocycles. The van der Waals surface area contributed by atoms with Gasteiger partial charge in [-0.05, 0) is 36.2 Å². The van der Waals surface area contributed by atoms with Gasteiger partial charge in [-0.25, -0.2) is 4.39 Å².